The van der Waals surface area contributed by atoms with E-state index in [0.717, 1.165) is 49.7 Å². The lowest BCUT2D eigenvalue weighted by atomic mass is 10.1. The third kappa shape index (κ3) is 4.32. The summed E-state index contributed by atoms with van der Waals surface area (Å²) in [5.41, 5.74) is 1.90. The average molecular weight is 407 g/mol. The molecule has 2 aromatic rings. The third-order valence-corrected chi connectivity index (χ3v) is 5.07. The molecular formula is C19H23BrN2O3. The van der Waals surface area contributed by atoms with E-state index in [1.165, 1.54) is 0 Å². The fraction of sp³-hybridized carbons (Fsp3) is 0.421. The molecule has 5 nitrogen and oxygen atoms in total. The number of hydrogen-bond acceptors (Lipinski definition) is 4. The minimum absolute atomic E-state index is 0.120. The third-order valence-electron chi connectivity index (χ3n) is 4.45. The van der Waals surface area contributed by atoms with Crippen molar-refractivity contribution in [3.05, 3.63) is 56.4 Å². The predicted molar refractivity (Wildman–Crippen MR) is 102 cm³/mol. The van der Waals surface area contributed by atoms with Crippen molar-refractivity contribution in [2.75, 3.05) is 32.8 Å². The van der Waals surface area contributed by atoms with Crippen LogP contribution < -0.4 is 10.3 Å². The van der Waals surface area contributed by atoms with Gasteiger partial charge >= 0.3 is 0 Å². The lowest BCUT2D eigenvalue weighted by Gasteiger charge is -2.26. The quantitative estimate of drug-likeness (QED) is 0.763. The number of para-hydroxylation sites is 1. The molecule has 0 spiro atoms. The summed E-state index contributed by atoms with van der Waals surface area (Å²) in [6.45, 7) is 8.77. The van der Waals surface area contributed by atoms with E-state index in [1.54, 1.807) is 4.57 Å². The van der Waals surface area contributed by atoms with E-state index in [4.69, 9.17) is 9.47 Å². The van der Waals surface area contributed by atoms with Crippen LogP contribution in [0.15, 0.2) is 39.7 Å². The Balaban J connectivity index is 1.81. The number of ether oxygens (including phenoxy) is 2. The lowest BCUT2D eigenvalue weighted by molar-refractivity contribution is 0.0362. The summed E-state index contributed by atoms with van der Waals surface area (Å²) in [6.07, 6.45) is 1.81. The van der Waals surface area contributed by atoms with Crippen LogP contribution in [0.5, 0.6) is 11.5 Å². The number of pyridine rings is 1. The first-order valence-corrected chi connectivity index (χ1v) is 9.28. The van der Waals surface area contributed by atoms with Crippen LogP contribution >= 0.6 is 15.9 Å². The van der Waals surface area contributed by atoms with Crippen LogP contribution in [0.1, 0.15) is 11.1 Å². The molecule has 1 aliphatic heterocycles. The SMILES string of the molecule is Cc1cccc(C)c1Oc1c(Br)ccn(CCN2CCOCC2)c1=O. The Morgan fingerprint density at radius 1 is 1.08 bits per heavy atom. The zero-order valence-electron chi connectivity index (χ0n) is 14.6. The first-order valence-electron chi connectivity index (χ1n) is 8.49. The fourth-order valence-corrected chi connectivity index (χ4v) is 3.30. The van der Waals surface area contributed by atoms with Crippen LogP contribution in [0.25, 0.3) is 0 Å². The lowest BCUT2D eigenvalue weighted by Crippen LogP contribution is -2.39. The highest BCUT2D eigenvalue weighted by atomic mass is 79.9. The second-order valence-electron chi connectivity index (χ2n) is 6.27. The highest BCUT2D eigenvalue weighted by Crippen LogP contribution is 2.30. The molecule has 0 saturated carbocycles. The number of rotatable bonds is 5. The van der Waals surface area contributed by atoms with E-state index in [9.17, 15) is 4.79 Å². The summed E-state index contributed by atoms with van der Waals surface area (Å²) >= 11 is 3.45. The summed E-state index contributed by atoms with van der Waals surface area (Å²) in [4.78, 5) is 15.2. The molecule has 1 aliphatic rings. The molecule has 1 fully saturated rings. The summed E-state index contributed by atoms with van der Waals surface area (Å²) < 4.78 is 13.8. The van der Waals surface area contributed by atoms with E-state index in [1.807, 2.05) is 44.3 Å². The zero-order chi connectivity index (χ0) is 17.8. The van der Waals surface area contributed by atoms with E-state index in [2.05, 4.69) is 20.8 Å². The molecule has 134 valence electrons. The Hall–Kier alpha value is -1.63. The zero-order valence-corrected chi connectivity index (χ0v) is 16.2. The molecule has 0 bridgehead atoms. The second kappa shape index (κ2) is 8.17. The molecule has 0 radical (unpaired) electrons. The molecule has 1 aromatic carbocycles. The summed E-state index contributed by atoms with van der Waals surface area (Å²) in [5, 5.41) is 0. The Kier molecular flexibility index (Phi) is 5.93. The van der Waals surface area contributed by atoms with Crippen LogP contribution in [0, 0.1) is 13.8 Å². The molecule has 6 heteroatoms. The van der Waals surface area contributed by atoms with E-state index in [0.29, 0.717) is 16.8 Å². The van der Waals surface area contributed by atoms with Crippen LogP contribution in [0.2, 0.25) is 0 Å². The number of halogens is 1. The minimum atomic E-state index is -0.120. The van der Waals surface area contributed by atoms with Gasteiger partial charge < -0.3 is 14.0 Å². The largest absolute Gasteiger partial charge is 0.450 e. The van der Waals surface area contributed by atoms with Gasteiger partial charge in [0.1, 0.15) is 5.75 Å². The van der Waals surface area contributed by atoms with Gasteiger partial charge in [-0.1, -0.05) is 18.2 Å². The molecule has 0 unspecified atom stereocenters. The Morgan fingerprint density at radius 2 is 1.76 bits per heavy atom. The maximum absolute atomic E-state index is 12.9. The number of benzene rings is 1. The van der Waals surface area contributed by atoms with Gasteiger partial charge in [0.15, 0.2) is 0 Å². The Bertz CT molecular complexity index is 777. The van der Waals surface area contributed by atoms with Gasteiger partial charge in [-0.25, -0.2) is 0 Å². The molecule has 1 saturated heterocycles. The van der Waals surface area contributed by atoms with Gasteiger partial charge in [-0.15, -0.1) is 0 Å². The highest BCUT2D eigenvalue weighted by molar-refractivity contribution is 9.10. The van der Waals surface area contributed by atoms with Crippen molar-refractivity contribution in [1.82, 2.24) is 9.47 Å². The standard InChI is InChI=1S/C19H23BrN2O3/c1-14-4-3-5-15(2)17(14)25-18-16(20)6-7-22(19(18)23)9-8-21-10-12-24-13-11-21/h3-7H,8-13H2,1-2H3. The van der Waals surface area contributed by atoms with Crippen LogP contribution in [0.4, 0.5) is 0 Å². The van der Waals surface area contributed by atoms with Crippen molar-refractivity contribution in [3.63, 3.8) is 0 Å². The van der Waals surface area contributed by atoms with E-state index < -0.39 is 0 Å². The summed E-state index contributed by atoms with van der Waals surface area (Å²) in [5.74, 6) is 1.08. The van der Waals surface area contributed by atoms with Crippen molar-refractivity contribution < 1.29 is 9.47 Å². The van der Waals surface area contributed by atoms with Gasteiger partial charge in [0, 0.05) is 32.4 Å². The average Bonchev–Trinajstić information content (AvgIpc) is 2.61. The molecule has 1 aromatic heterocycles. The van der Waals surface area contributed by atoms with Crippen LogP contribution in [-0.4, -0.2) is 42.3 Å². The van der Waals surface area contributed by atoms with Crippen LogP contribution in [-0.2, 0) is 11.3 Å². The Labute approximate surface area is 156 Å². The smallest absolute Gasteiger partial charge is 0.294 e. The van der Waals surface area contributed by atoms with Gasteiger partial charge in [0.25, 0.3) is 5.56 Å². The summed E-state index contributed by atoms with van der Waals surface area (Å²) in [6, 6.07) is 7.81. The normalized spacial score (nSPS) is 15.3. The first-order chi connectivity index (χ1) is 12.1. The van der Waals surface area contributed by atoms with Crippen molar-refractivity contribution >= 4 is 15.9 Å². The molecule has 0 aliphatic carbocycles. The number of aromatic nitrogens is 1. The maximum Gasteiger partial charge on any atom is 0.294 e. The molecule has 0 atom stereocenters. The maximum atomic E-state index is 12.9. The fourth-order valence-electron chi connectivity index (χ4n) is 2.94. The number of aryl methyl sites for hydroxylation is 2. The number of nitrogens with zero attached hydrogens (tertiary/aromatic N) is 2. The molecule has 3 rings (SSSR count). The topological polar surface area (TPSA) is 43.7 Å². The van der Waals surface area contributed by atoms with Crippen LogP contribution in [0.3, 0.4) is 0 Å². The van der Waals surface area contributed by atoms with E-state index in [-0.39, 0.29) is 5.56 Å². The first kappa shape index (κ1) is 18.2. The molecule has 25 heavy (non-hydrogen) atoms. The van der Waals surface area contributed by atoms with Gasteiger partial charge in [-0.2, -0.15) is 0 Å². The van der Waals surface area contributed by atoms with Crippen molar-refractivity contribution in [3.8, 4) is 11.5 Å². The summed E-state index contributed by atoms with van der Waals surface area (Å²) in [7, 11) is 0. The predicted octanol–water partition coefficient (Wildman–Crippen LogP) is 3.35. The molecule has 0 N–H and O–H groups in total. The number of morpholine rings is 1. The minimum Gasteiger partial charge on any atom is -0.450 e. The second-order valence-corrected chi connectivity index (χ2v) is 7.12. The van der Waals surface area contributed by atoms with Gasteiger partial charge in [0.2, 0.25) is 5.75 Å². The van der Waals surface area contributed by atoms with Gasteiger partial charge in [0.05, 0.1) is 17.7 Å². The van der Waals surface area contributed by atoms with Gasteiger partial charge in [-0.3, -0.25) is 9.69 Å². The van der Waals surface area contributed by atoms with Crippen molar-refractivity contribution in [2.45, 2.75) is 20.4 Å². The Morgan fingerprint density at radius 3 is 2.44 bits per heavy atom. The van der Waals surface area contributed by atoms with Gasteiger partial charge in [-0.05, 0) is 47.0 Å². The van der Waals surface area contributed by atoms with E-state index >= 15 is 0 Å². The van der Waals surface area contributed by atoms with Crippen molar-refractivity contribution in [2.24, 2.45) is 0 Å². The molecule has 0 amide bonds. The number of hydrogen-bond donors (Lipinski definition) is 0. The highest BCUT2D eigenvalue weighted by Gasteiger charge is 2.15. The monoisotopic (exact) mass is 406 g/mol. The molecule has 2 heterocycles. The van der Waals surface area contributed by atoms with Crippen molar-refractivity contribution in [1.29, 1.82) is 0 Å². The molecular weight excluding hydrogens is 384 g/mol.